The van der Waals surface area contributed by atoms with Gasteiger partial charge in [0.15, 0.2) is 0 Å². The first-order valence-corrected chi connectivity index (χ1v) is 9.33. The third kappa shape index (κ3) is 4.56. The smallest absolute Gasteiger partial charge is 0.229 e. The molecule has 0 fully saturated rings. The Bertz CT molecular complexity index is 747. The molecule has 2 aromatic rings. The van der Waals surface area contributed by atoms with Crippen LogP contribution in [-0.4, -0.2) is 19.8 Å². The minimum Gasteiger partial charge on any atom is -0.361 e. The third-order valence-electron chi connectivity index (χ3n) is 3.74. The van der Waals surface area contributed by atoms with Crippen LogP contribution in [0.25, 0.3) is 0 Å². The summed E-state index contributed by atoms with van der Waals surface area (Å²) in [4.78, 5) is 0. The molecule has 2 rings (SSSR count). The summed E-state index contributed by atoms with van der Waals surface area (Å²) < 4.78 is 30.1. The highest BCUT2D eigenvalue weighted by Gasteiger charge is 2.18. The molecule has 1 heterocycles. The van der Waals surface area contributed by atoms with Crippen molar-refractivity contribution >= 4 is 15.7 Å². The first-order chi connectivity index (χ1) is 10.7. The Kier molecular flexibility index (Phi) is 5.11. The number of aromatic nitrogens is 1. The topological polar surface area (TPSA) is 84.2 Å². The number of anilines is 1. The summed E-state index contributed by atoms with van der Waals surface area (Å²) in [6, 6.07) is 7.54. The van der Waals surface area contributed by atoms with Crippen LogP contribution in [0.4, 0.5) is 5.69 Å². The lowest BCUT2D eigenvalue weighted by molar-refractivity contribution is 0.389. The highest BCUT2D eigenvalue weighted by Crippen LogP contribution is 2.25. The Morgan fingerprint density at radius 1 is 1.09 bits per heavy atom. The van der Waals surface area contributed by atoms with Gasteiger partial charge in [-0.15, -0.1) is 0 Å². The lowest BCUT2D eigenvalue weighted by Gasteiger charge is -2.20. The van der Waals surface area contributed by atoms with E-state index in [-0.39, 0.29) is 12.1 Å². The molecule has 0 spiro atoms. The standard InChI is InChI=1S/C16H23N3O3S/c1-10(17-11(2)16-12(3)18-22-13(16)4)14-6-8-15(9-7-14)19-23(5,20)21/h6-11,17,19H,1-5H3. The summed E-state index contributed by atoms with van der Waals surface area (Å²) in [6.45, 7) is 7.97. The van der Waals surface area contributed by atoms with Crippen molar-refractivity contribution in [3.63, 3.8) is 0 Å². The van der Waals surface area contributed by atoms with Gasteiger partial charge in [0, 0.05) is 23.3 Å². The molecule has 0 radical (unpaired) electrons. The molecule has 0 aliphatic carbocycles. The van der Waals surface area contributed by atoms with Crippen LogP contribution in [0, 0.1) is 13.8 Å². The van der Waals surface area contributed by atoms with E-state index in [4.69, 9.17) is 4.52 Å². The summed E-state index contributed by atoms with van der Waals surface area (Å²) in [5, 5.41) is 7.49. The number of rotatable bonds is 6. The molecule has 0 saturated carbocycles. The average molecular weight is 337 g/mol. The van der Waals surface area contributed by atoms with Crippen LogP contribution in [-0.2, 0) is 10.0 Å². The summed E-state index contributed by atoms with van der Waals surface area (Å²) in [7, 11) is -3.25. The van der Waals surface area contributed by atoms with E-state index in [1.54, 1.807) is 12.1 Å². The molecule has 2 unspecified atom stereocenters. The summed E-state index contributed by atoms with van der Waals surface area (Å²) in [5.74, 6) is 0.822. The fraction of sp³-hybridized carbons (Fsp3) is 0.438. The molecule has 0 amide bonds. The molecule has 23 heavy (non-hydrogen) atoms. The average Bonchev–Trinajstić information content (AvgIpc) is 2.77. The van der Waals surface area contributed by atoms with Gasteiger partial charge in [0.2, 0.25) is 10.0 Å². The zero-order chi connectivity index (χ0) is 17.2. The van der Waals surface area contributed by atoms with Crippen molar-refractivity contribution in [1.29, 1.82) is 0 Å². The molecule has 0 bridgehead atoms. The minimum atomic E-state index is -3.25. The molecule has 1 aromatic carbocycles. The number of sulfonamides is 1. The largest absolute Gasteiger partial charge is 0.361 e. The van der Waals surface area contributed by atoms with Crippen LogP contribution < -0.4 is 10.0 Å². The Morgan fingerprint density at radius 3 is 2.17 bits per heavy atom. The van der Waals surface area contributed by atoms with E-state index in [0.717, 1.165) is 28.8 Å². The van der Waals surface area contributed by atoms with Crippen molar-refractivity contribution in [2.24, 2.45) is 0 Å². The van der Waals surface area contributed by atoms with Gasteiger partial charge >= 0.3 is 0 Å². The van der Waals surface area contributed by atoms with Gasteiger partial charge < -0.3 is 9.84 Å². The molecule has 6 nitrogen and oxygen atoms in total. The number of nitrogens with zero attached hydrogens (tertiary/aromatic N) is 1. The highest BCUT2D eigenvalue weighted by atomic mass is 32.2. The van der Waals surface area contributed by atoms with Crippen LogP contribution in [0.15, 0.2) is 28.8 Å². The van der Waals surface area contributed by atoms with Crippen molar-refractivity contribution in [3.05, 3.63) is 46.8 Å². The molecule has 0 aliphatic heterocycles. The zero-order valence-electron chi connectivity index (χ0n) is 14.0. The van der Waals surface area contributed by atoms with Crippen LogP contribution in [0.1, 0.15) is 48.5 Å². The van der Waals surface area contributed by atoms with Crippen LogP contribution >= 0.6 is 0 Å². The number of aryl methyl sites for hydroxylation is 2. The van der Waals surface area contributed by atoms with Gasteiger partial charge in [-0.1, -0.05) is 17.3 Å². The quantitative estimate of drug-likeness (QED) is 0.846. The third-order valence-corrected chi connectivity index (χ3v) is 4.34. The number of benzene rings is 1. The second kappa shape index (κ2) is 6.72. The van der Waals surface area contributed by atoms with Crippen molar-refractivity contribution in [3.8, 4) is 0 Å². The second-order valence-electron chi connectivity index (χ2n) is 5.84. The fourth-order valence-electron chi connectivity index (χ4n) is 2.72. The summed E-state index contributed by atoms with van der Waals surface area (Å²) in [5.41, 5.74) is 3.60. The summed E-state index contributed by atoms with van der Waals surface area (Å²) >= 11 is 0. The first-order valence-electron chi connectivity index (χ1n) is 7.44. The maximum Gasteiger partial charge on any atom is 0.229 e. The predicted octanol–water partition coefficient (Wildman–Crippen LogP) is 3.07. The molecule has 1 aromatic heterocycles. The SMILES string of the molecule is Cc1noc(C)c1C(C)NC(C)c1ccc(NS(C)(=O)=O)cc1. The molecule has 7 heteroatoms. The van der Waals surface area contributed by atoms with Gasteiger partial charge in [-0.25, -0.2) is 8.42 Å². The van der Waals surface area contributed by atoms with Crippen molar-refractivity contribution in [1.82, 2.24) is 10.5 Å². The maximum absolute atomic E-state index is 11.2. The molecule has 0 saturated heterocycles. The van der Waals surface area contributed by atoms with Gasteiger partial charge in [0.05, 0.1) is 11.9 Å². The Balaban J connectivity index is 2.07. The monoisotopic (exact) mass is 337 g/mol. The molecular formula is C16H23N3O3S. The predicted molar refractivity (Wildman–Crippen MR) is 90.9 cm³/mol. The first kappa shape index (κ1) is 17.5. The van der Waals surface area contributed by atoms with Crippen molar-refractivity contribution in [2.45, 2.75) is 39.8 Å². The molecular weight excluding hydrogens is 314 g/mol. The van der Waals surface area contributed by atoms with E-state index < -0.39 is 10.0 Å². The van der Waals surface area contributed by atoms with E-state index in [1.807, 2.05) is 26.0 Å². The van der Waals surface area contributed by atoms with Gasteiger partial charge in [-0.3, -0.25) is 4.72 Å². The summed E-state index contributed by atoms with van der Waals surface area (Å²) in [6.07, 6.45) is 1.14. The van der Waals surface area contributed by atoms with Crippen LogP contribution in [0.5, 0.6) is 0 Å². The molecule has 2 N–H and O–H groups in total. The van der Waals surface area contributed by atoms with E-state index in [2.05, 4.69) is 29.0 Å². The number of hydrogen-bond donors (Lipinski definition) is 2. The number of hydrogen-bond acceptors (Lipinski definition) is 5. The highest BCUT2D eigenvalue weighted by molar-refractivity contribution is 7.92. The van der Waals surface area contributed by atoms with Crippen molar-refractivity contribution in [2.75, 3.05) is 11.0 Å². The Labute approximate surface area is 137 Å². The van der Waals surface area contributed by atoms with Crippen LogP contribution in [0.2, 0.25) is 0 Å². The van der Waals surface area contributed by atoms with Crippen LogP contribution in [0.3, 0.4) is 0 Å². The second-order valence-corrected chi connectivity index (χ2v) is 7.59. The maximum atomic E-state index is 11.2. The minimum absolute atomic E-state index is 0.102. The van der Waals surface area contributed by atoms with Gasteiger partial charge in [0.1, 0.15) is 5.76 Å². The van der Waals surface area contributed by atoms with E-state index in [9.17, 15) is 8.42 Å². The van der Waals surface area contributed by atoms with Gasteiger partial charge in [-0.05, 0) is 45.4 Å². The normalized spacial score (nSPS) is 14.5. The number of nitrogens with one attached hydrogen (secondary N) is 2. The van der Waals surface area contributed by atoms with E-state index in [1.165, 1.54) is 0 Å². The van der Waals surface area contributed by atoms with E-state index in [0.29, 0.717) is 5.69 Å². The van der Waals surface area contributed by atoms with Gasteiger partial charge in [0.25, 0.3) is 0 Å². The molecule has 126 valence electrons. The molecule has 0 aliphatic rings. The van der Waals surface area contributed by atoms with Crippen molar-refractivity contribution < 1.29 is 12.9 Å². The fourth-order valence-corrected chi connectivity index (χ4v) is 3.28. The lowest BCUT2D eigenvalue weighted by atomic mass is 10.0. The van der Waals surface area contributed by atoms with E-state index >= 15 is 0 Å². The molecule has 2 atom stereocenters. The Hall–Kier alpha value is -1.86. The van der Waals surface area contributed by atoms with Gasteiger partial charge in [-0.2, -0.15) is 0 Å². The zero-order valence-corrected chi connectivity index (χ0v) is 14.9. The lowest BCUT2D eigenvalue weighted by Crippen LogP contribution is -2.23. The Morgan fingerprint density at radius 2 is 1.70 bits per heavy atom.